The largest absolute Gasteiger partial charge is 0.358 e. The molecule has 0 aliphatic heterocycles. The van der Waals surface area contributed by atoms with Crippen molar-refractivity contribution >= 4 is 76.4 Å². The predicted molar refractivity (Wildman–Crippen MR) is 232 cm³/mol. The van der Waals surface area contributed by atoms with Crippen LogP contribution in [0.4, 0.5) is 11.4 Å². The normalized spacial score (nSPS) is 16.5. The summed E-state index contributed by atoms with van der Waals surface area (Å²) in [5, 5.41) is 0.665. The molecule has 6 aromatic rings. The molecule has 0 atom stereocenters. The van der Waals surface area contributed by atoms with Crippen LogP contribution in [0.2, 0.25) is 0 Å². The molecule has 0 amide bonds. The molecule has 0 bridgehead atoms. The maximum Gasteiger partial charge on any atom is 0.261 e. The van der Waals surface area contributed by atoms with Gasteiger partial charge in [0.2, 0.25) is 23.1 Å². The van der Waals surface area contributed by atoms with Gasteiger partial charge in [-0.05, 0) is 123 Å². The zero-order chi connectivity index (χ0) is 43.3. The van der Waals surface area contributed by atoms with Crippen LogP contribution in [-0.4, -0.2) is 49.9 Å². The fraction of sp³-hybridized carbons (Fsp3) is 0.304. The second-order valence-corrected chi connectivity index (χ2v) is 19.9. The average Bonchev–Trinajstić information content (AvgIpc) is 3.73. The molecular formula is C46H48N4O8S2. The van der Waals surface area contributed by atoms with Gasteiger partial charge in [0.25, 0.3) is 20.0 Å². The summed E-state index contributed by atoms with van der Waals surface area (Å²) in [7, 11) is -8.05. The number of carbonyl (C=O) groups excluding carboxylic acids is 4. The minimum atomic E-state index is -4.03. The average molecular weight is 849 g/mol. The Morgan fingerprint density at radius 3 is 1.17 bits per heavy atom. The summed E-state index contributed by atoms with van der Waals surface area (Å²) in [6.07, 6.45) is 2.07. The molecule has 0 unspecified atom stereocenters. The molecule has 12 nitrogen and oxygen atoms in total. The van der Waals surface area contributed by atoms with Crippen molar-refractivity contribution in [1.29, 1.82) is 0 Å². The Labute approximate surface area is 349 Å². The summed E-state index contributed by atoms with van der Waals surface area (Å²) in [4.78, 5) is 64.8. The number of nitrogens with one attached hydrogen (secondary N) is 4. The number of aromatic nitrogens is 2. The maximum atomic E-state index is 14.5. The molecule has 1 fully saturated rings. The Balaban J connectivity index is 1.30. The Morgan fingerprint density at radius 1 is 0.517 bits per heavy atom. The summed E-state index contributed by atoms with van der Waals surface area (Å²) in [5.41, 5.74) is 4.42. The quantitative estimate of drug-likeness (QED) is 0.0623. The lowest BCUT2D eigenvalue weighted by molar-refractivity contribution is -0.151. The number of anilines is 2. The third-order valence-electron chi connectivity index (χ3n) is 11.1. The van der Waals surface area contributed by atoms with E-state index in [9.17, 15) is 36.0 Å². The van der Waals surface area contributed by atoms with Crippen LogP contribution in [0.15, 0.2) is 94.7 Å². The van der Waals surface area contributed by atoms with E-state index in [1.165, 1.54) is 36.4 Å². The Kier molecular flexibility index (Phi) is 11.5. The first kappa shape index (κ1) is 42.3. The number of aryl methyl sites for hydroxylation is 4. The number of fused-ring (bicyclic) bond motifs is 2. The van der Waals surface area contributed by atoms with E-state index in [1.807, 2.05) is 41.5 Å². The first-order valence-corrected chi connectivity index (χ1v) is 22.9. The number of aromatic amines is 2. The number of rotatable bonds is 14. The van der Waals surface area contributed by atoms with Crippen LogP contribution < -0.4 is 9.44 Å². The monoisotopic (exact) mass is 848 g/mol. The molecule has 14 heteroatoms. The van der Waals surface area contributed by atoms with Gasteiger partial charge in [-0.25, -0.2) is 16.8 Å². The van der Waals surface area contributed by atoms with Gasteiger partial charge in [0.05, 0.1) is 9.79 Å². The molecule has 0 saturated heterocycles. The van der Waals surface area contributed by atoms with E-state index < -0.39 is 55.0 Å². The van der Waals surface area contributed by atoms with Gasteiger partial charge in [0, 0.05) is 44.6 Å². The molecule has 0 radical (unpaired) electrons. The SMILES string of the molecule is Cc1ccc(S(=O)(=O)Nc2ccc3[nH]c(CCC(C)C)c(C4C(=O)C(=O)C(c5c(CCC(C)C)[nH]c6ccc(NS(=O)(=O)c7ccc(C)cc7)cc56)C(=O)C4=O)c3c2)cc1. The lowest BCUT2D eigenvalue weighted by Gasteiger charge is -2.26. The number of hydrogen-bond donors (Lipinski definition) is 4. The Hall–Kier alpha value is -5.86. The Morgan fingerprint density at radius 2 is 0.850 bits per heavy atom. The minimum absolute atomic E-state index is 0.0424. The number of hydrogen-bond acceptors (Lipinski definition) is 8. The van der Waals surface area contributed by atoms with Crippen molar-refractivity contribution in [1.82, 2.24) is 9.97 Å². The molecule has 4 N–H and O–H groups in total. The number of ketones is 4. The van der Waals surface area contributed by atoms with Gasteiger partial charge in [-0.2, -0.15) is 0 Å². The maximum absolute atomic E-state index is 14.5. The third kappa shape index (κ3) is 8.30. The van der Waals surface area contributed by atoms with Crippen molar-refractivity contribution in [3.05, 3.63) is 119 Å². The minimum Gasteiger partial charge on any atom is -0.358 e. The molecular weight excluding hydrogens is 801 g/mol. The molecule has 1 aliphatic rings. The highest BCUT2D eigenvalue weighted by Gasteiger charge is 2.52. The van der Waals surface area contributed by atoms with Gasteiger partial charge in [-0.15, -0.1) is 0 Å². The van der Waals surface area contributed by atoms with Crippen LogP contribution in [0.3, 0.4) is 0 Å². The summed E-state index contributed by atoms with van der Waals surface area (Å²) in [6.45, 7) is 11.8. The first-order valence-electron chi connectivity index (χ1n) is 20.0. The molecule has 60 heavy (non-hydrogen) atoms. The van der Waals surface area contributed by atoms with Gasteiger partial charge in [-0.3, -0.25) is 28.6 Å². The first-order chi connectivity index (χ1) is 28.3. The zero-order valence-electron chi connectivity index (χ0n) is 34.3. The van der Waals surface area contributed by atoms with Crippen LogP contribution in [0.25, 0.3) is 21.8 Å². The zero-order valence-corrected chi connectivity index (χ0v) is 35.9. The van der Waals surface area contributed by atoms with E-state index in [-0.39, 0.29) is 44.1 Å². The topological polar surface area (TPSA) is 192 Å². The lowest BCUT2D eigenvalue weighted by atomic mass is 9.71. The summed E-state index contributed by atoms with van der Waals surface area (Å²) < 4.78 is 58.7. The molecule has 4 aromatic carbocycles. The van der Waals surface area contributed by atoms with E-state index in [0.717, 1.165) is 11.1 Å². The Bertz CT molecular complexity index is 2680. The van der Waals surface area contributed by atoms with Crippen LogP contribution in [0, 0.1) is 25.7 Å². The summed E-state index contributed by atoms with van der Waals surface area (Å²) in [6, 6.07) is 22.1. The highest BCUT2D eigenvalue weighted by atomic mass is 32.2. The van der Waals surface area contributed by atoms with Gasteiger partial charge in [0.15, 0.2) is 0 Å². The van der Waals surface area contributed by atoms with Crippen molar-refractivity contribution in [2.75, 3.05) is 9.44 Å². The highest BCUT2D eigenvalue weighted by molar-refractivity contribution is 7.93. The van der Waals surface area contributed by atoms with Gasteiger partial charge in [0.1, 0.15) is 11.8 Å². The van der Waals surface area contributed by atoms with Crippen LogP contribution in [-0.2, 0) is 52.1 Å². The fourth-order valence-corrected chi connectivity index (χ4v) is 9.88. The number of sulfonamides is 2. The van der Waals surface area contributed by atoms with Crippen molar-refractivity contribution < 1.29 is 36.0 Å². The molecule has 312 valence electrons. The van der Waals surface area contributed by atoms with Gasteiger partial charge >= 0.3 is 0 Å². The van der Waals surface area contributed by atoms with Crippen molar-refractivity contribution in [2.45, 2.75) is 88.9 Å². The lowest BCUT2D eigenvalue weighted by Crippen LogP contribution is -2.46. The second-order valence-electron chi connectivity index (χ2n) is 16.6. The summed E-state index contributed by atoms with van der Waals surface area (Å²) in [5.74, 6) is -7.29. The van der Waals surface area contributed by atoms with Crippen molar-refractivity contribution in [3.8, 4) is 0 Å². The van der Waals surface area contributed by atoms with E-state index in [2.05, 4.69) is 19.4 Å². The summed E-state index contributed by atoms with van der Waals surface area (Å²) >= 11 is 0. The molecule has 2 heterocycles. The van der Waals surface area contributed by atoms with E-state index >= 15 is 0 Å². The van der Waals surface area contributed by atoms with E-state index in [4.69, 9.17) is 0 Å². The number of Topliss-reactive ketones (excluding diaryl/α,β-unsaturated/α-hetero) is 4. The van der Waals surface area contributed by atoms with Crippen molar-refractivity contribution in [2.24, 2.45) is 11.8 Å². The highest BCUT2D eigenvalue weighted by Crippen LogP contribution is 2.42. The standard InChI is InChI=1S/C46H48N4O8S2/c1-25(2)7-19-37-39(33-23-29(13-21-35(33)47-37)49-59(55,56)31-15-9-27(5)10-16-31)41-43(51)45(53)42(46(54)44(41)52)40-34-24-30(14-22-36(34)48-38(40)20-8-26(3)4)50-60(57,58)32-17-11-28(6)12-18-32/h9-18,21-26,41-42,47-50H,7-8,19-20H2,1-6H3. The van der Waals surface area contributed by atoms with Crippen molar-refractivity contribution in [3.63, 3.8) is 0 Å². The molecule has 7 rings (SSSR count). The molecule has 2 aromatic heterocycles. The molecule has 1 aliphatic carbocycles. The third-order valence-corrected chi connectivity index (χ3v) is 13.9. The smallest absolute Gasteiger partial charge is 0.261 e. The van der Waals surface area contributed by atoms with Gasteiger partial charge in [-0.1, -0.05) is 63.1 Å². The van der Waals surface area contributed by atoms with Crippen LogP contribution >= 0.6 is 0 Å². The number of carbonyl (C=O) groups is 4. The van der Waals surface area contributed by atoms with Crippen LogP contribution in [0.1, 0.15) is 86.0 Å². The second kappa shape index (κ2) is 16.3. The number of benzene rings is 4. The van der Waals surface area contributed by atoms with E-state index in [0.29, 0.717) is 58.9 Å². The fourth-order valence-electron chi connectivity index (χ4n) is 7.78. The van der Waals surface area contributed by atoms with Crippen LogP contribution in [0.5, 0.6) is 0 Å². The molecule has 1 saturated carbocycles. The van der Waals surface area contributed by atoms with E-state index in [1.54, 1.807) is 48.5 Å². The number of H-pyrrole nitrogens is 2. The van der Waals surface area contributed by atoms with Gasteiger partial charge < -0.3 is 9.97 Å². The molecule has 0 spiro atoms. The predicted octanol–water partition coefficient (Wildman–Crippen LogP) is 8.20.